The van der Waals surface area contributed by atoms with Crippen molar-refractivity contribution in [2.45, 2.75) is 38.7 Å². The van der Waals surface area contributed by atoms with Gasteiger partial charge < -0.3 is 15.4 Å². The maximum Gasteiger partial charge on any atom is 0.526 e. The van der Waals surface area contributed by atoms with Crippen LogP contribution in [-0.2, 0) is 24.3 Å². The molecule has 2 aromatic rings. The van der Waals surface area contributed by atoms with Crippen molar-refractivity contribution in [1.29, 1.82) is 0 Å². The molecule has 0 radical (unpaired) electrons. The Bertz CT molecular complexity index is 878. The molecular weight excluding hydrogens is 393 g/mol. The standard InChI is InChI=1S/C18H24BN5O4S/c1-12(25)17-4-2-3-13-7-14(19(27)28-18(13)17)8-16(26)11-24-21-9-15(23-24)10-22-29-6-5-20/h2-4,9,14,22,27H,5-8,10-11,20H2,1H3/t14-/m1/s1. The van der Waals surface area contributed by atoms with Gasteiger partial charge in [-0.15, -0.1) is 0 Å². The first-order valence-electron chi connectivity index (χ1n) is 9.41. The lowest BCUT2D eigenvalue weighted by atomic mass is 9.64. The number of carbonyl (C=O) groups excluding carboxylic acids is 2. The fourth-order valence-electron chi connectivity index (χ4n) is 3.20. The molecule has 0 spiro atoms. The Kier molecular flexibility index (Phi) is 7.42. The van der Waals surface area contributed by atoms with Crippen LogP contribution in [0.15, 0.2) is 24.4 Å². The van der Waals surface area contributed by atoms with Crippen LogP contribution in [0.5, 0.6) is 5.75 Å². The van der Waals surface area contributed by atoms with E-state index in [-0.39, 0.29) is 30.3 Å². The highest BCUT2D eigenvalue weighted by Crippen LogP contribution is 2.36. The molecule has 1 aliphatic rings. The van der Waals surface area contributed by atoms with Gasteiger partial charge in [-0.25, -0.2) is 0 Å². The summed E-state index contributed by atoms with van der Waals surface area (Å²) in [5.74, 6) is 0.600. The van der Waals surface area contributed by atoms with E-state index in [2.05, 4.69) is 14.9 Å². The second-order valence-electron chi connectivity index (χ2n) is 6.89. The summed E-state index contributed by atoms with van der Waals surface area (Å²) in [4.78, 5) is 25.6. The number of ketones is 2. The van der Waals surface area contributed by atoms with Crippen LogP contribution >= 0.6 is 11.9 Å². The SMILES string of the molecule is CC(=O)c1cccc2c1OB(O)[C@@H](CC(=O)Cn1ncc(CNSCCN)n1)C2. The Morgan fingerprint density at radius 3 is 3.07 bits per heavy atom. The van der Waals surface area contributed by atoms with Gasteiger partial charge in [-0.05, 0) is 25.0 Å². The number of hydrogen-bond donors (Lipinski definition) is 3. The molecule has 0 saturated heterocycles. The Labute approximate surface area is 173 Å². The second kappa shape index (κ2) is 10.0. The van der Waals surface area contributed by atoms with Gasteiger partial charge in [0.05, 0.1) is 24.0 Å². The lowest BCUT2D eigenvalue weighted by Gasteiger charge is -2.28. The molecular formula is C18H24BN5O4S. The molecule has 1 aromatic heterocycles. The number of benzene rings is 1. The van der Waals surface area contributed by atoms with Crippen LogP contribution in [-0.4, -0.2) is 51.0 Å². The summed E-state index contributed by atoms with van der Waals surface area (Å²) in [7, 11) is -1.14. The Balaban J connectivity index is 1.55. The monoisotopic (exact) mass is 417 g/mol. The minimum Gasteiger partial charge on any atom is -0.535 e. The van der Waals surface area contributed by atoms with Crippen LogP contribution in [0.3, 0.4) is 0 Å². The Hall–Kier alpha value is -2.21. The van der Waals surface area contributed by atoms with Gasteiger partial charge in [0.1, 0.15) is 12.3 Å². The summed E-state index contributed by atoms with van der Waals surface area (Å²) < 4.78 is 8.71. The average molecular weight is 417 g/mol. The smallest absolute Gasteiger partial charge is 0.526 e. The number of carbonyl (C=O) groups is 2. The maximum absolute atomic E-state index is 12.5. The maximum atomic E-state index is 12.5. The number of aromatic nitrogens is 3. The molecule has 29 heavy (non-hydrogen) atoms. The highest BCUT2D eigenvalue weighted by molar-refractivity contribution is 7.97. The van der Waals surface area contributed by atoms with Crippen LogP contribution in [0.4, 0.5) is 0 Å². The van der Waals surface area contributed by atoms with E-state index in [0.29, 0.717) is 30.8 Å². The van der Waals surface area contributed by atoms with E-state index in [0.717, 1.165) is 17.0 Å². The first kappa shape index (κ1) is 21.5. The molecule has 0 unspecified atom stereocenters. The molecule has 0 bridgehead atoms. The Morgan fingerprint density at radius 1 is 1.48 bits per heavy atom. The summed E-state index contributed by atoms with van der Waals surface area (Å²) in [6, 6.07) is 5.30. The summed E-state index contributed by atoms with van der Waals surface area (Å²) in [5, 5.41) is 18.7. The fourth-order valence-corrected chi connectivity index (χ4v) is 3.71. The molecule has 9 nitrogen and oxygen atoms in total. The van der Waals surface area contributed by atoms with E-state index in [1.807, 2.05) is 6.07 Å². The van der Waals surface area contributed by atoms with Gasteiger partial charge >= 0.3 is 7.12 Å². The summed E-state index contributed by atoms with van der Waals surface area (Å²) >= 11 is 1.51. The molecule has 0 fully saturated rings. The van der Waals surface area contributed by atoms with Crippen molar-refractivity contribution in [2.24, 2.45) is 5.73 Å². The van der Waals surface area contributed by atoms with Crippen LogP contribution in [0.2, 0.25) is 5.82 Å². The predicted octanol–water partition coefficient (Wildman–Crippen LogP) is 0.622. The van der Waals surface area contributed by atoms with E-state index in [1.54, 1.807) is 18.3 Å². The molecule has 0 saturated carbocycles. The van der Waals surface area contributed by atoms with Gasteiger partial charge in [-0.2, -0.15) is 15.0 Å². The second-order valence-corrected chi connectivity index (χ2v) is 7.88. The van der Waals surface area contributed by atoms with E-state index in [1.165, 1.54) is 23.7 Å². The first-order chi connectivity index (χ1) is 14.0. The fraction of sp³-hybridized carbons (Fsp3) is 0.444. The number of para-hydroxylation sites is 1. The zero-order valence-electron chi connectivity index (χ0n) is 16.2. The van der Waals surface area contributed by atoms with Crippen molar-refractivity contribution < 1.29 is 19.3 Å². The molecule has 11 heteroatoms. The van der Waals surface area contributed by atoms with Crippen molar-refractivity contribution in [3.63, 3.8) is 0 Å². The summed E-state index contributed by atoms with van der Waals surface area (Å²) in [6.07, 6.45) is 2.21. The van der Waals surface area contributed by atoms with Crippen molar-refractivity contribution in [1.82, 2.24) is 19.7 Å². The van der Waals surface area contributed by atoms with Crippen molar-refractivity contribution >= 4 is 30.6 Å². The van der Waals surface area contributed by atoms with Gasteiger partial charge in [-0.3, -0.25) is 14.3 Å². The third kappa shape index (κ3) is 5.66. The highest BCUT2D eigenvalue weighted by atomic mass is 32.2. The highest BCUT2D eigenvalue weighted by Gasteiger charge is 2.37. The number of Topliss-reactive ketones (excluding diaryl/α,β-unsaturated/α-hetero) is 2. The minimum atomic E-state index is -1.14. The average Bonchev–Trinajstić information content (AvgIpc) is 3.12. The molecule has 4 N–H and O–H groups in total. The van der Waals surface area contributed by atoms with E-state index >= 15 is 0 Å². The molecule has 3 rings (SSSR count). The number of fused-ring (bicyclic) bond motifs is 1. The minimum absolute atomic E-state index is 0.0273. The Morgan fingerprint density at radius 2 is 2.31 bits per heavy atom. The molecule has 1 atom stereocenters. The molecule has 0 amide bonds. The topological polar surface area (TPSA) is 132 Å². The molecule has 1 aliphatic heterocycles. The number of nitrogens with zero attached hydrogens (tertiary/aromatic N) is 3. The van der Waals surface area contributed by atoms with Crippen molar-refractivity contribution in [3.05, 3.63) is 41.2 Å². The van der Waals surface area contributed by atoms with E-state index in [9.17, 15) is 14.6 Å². The predicted molar refractivity (Wildman–Crippen MR) is 110 cm³/mol. The van der Waals surface area contributed by atoms with Gasteiger partial charge in [0.15, 0.2) is 11.6 Å². The first-order valence-corrected chi connectivity index (χ1v) is 10.4. The van der Waals surface area contributed by atoms with Gasteiger partial charge in [0.25, 0.3) is 0 Å². The quantitative estimate of drug-likeness (QED) is 0.220. The van der Waals surface area contributed by atoms with Crippen LogP contribution in [0, 0.1) is 0 Å². The van der Waals surface area contributed by atoms with Gasteiger partial charge in [-0.1, -0.05) is 24.1 Å². The summed E-state index contributed by atoms with van der Waals surface area (Å²) in [5.41, 5.74) is 7.42. The zero-order valence-corrected chi connectivity index (χ0v) is 17.0. The van der Waals surface area contributed by atoms with Crippen LogP contribution in [0.25, 0.3) is 0 Å². The lowest BCUT2D eigenvalue weighted by molar-refractivity contribution is -0.120. The molecule has 2 heterocycles. The number of nitrogens with one attached hydrogen (secondary N) is 1. The van der Waals surface area contributed by atoms with Crippen LogP contribution < -0.4 is 15.1 Å². The van der Waals surface area contributed by atoms with E-state index in [4.69, 9.17) is 10.4 Å². The summed E-state index contributed by atoms with van der Waals surface area (Å²) in [6.45, 7) is 2.61. The molecule has 154 valence electrons. The van der Waals surface area contributed by atoms with E-state index < -0.39 is 7.12 Å². The number of nitrogens with two attached hydrogens (primary N) is 1. The van der Waals surface area contributed by atoms with Crippen molar-refractivity contribution in [3.8, 4) is 5.75 Å². The molecule has 1 aromatic carbocycles. The lowest BCUT2D eigenvalue weighted by Crippen LogP contribution is -2.36. The third-order valence-corrected chi connectivity index (χ3v) is 5.35. The van der Waals surface area contributed by atoms with Crippen LogP contribution in [0.1, 0.15) is 35.0 Å². The normalized spacial score (nSPS) is 15.7. The molecule has 0 aliphatic carbocycles. The zero-order chi connectivity index (χ0) is 20.8. The number of rotatable bonds is 10. The largest absolute Gasteiger partial charge is 0.535 e. The van der Waals surface area contributed by atoms with Gasteiger partial charge in [0, 0.05) is 24.5 Å². The van der Waals surface area contributed by atoms with Gasteiger partial charge in [0.2, 0.25) is 0 Å². The third-order valence-electron chi connectivity index (χ3n) is 4.57. The van der Waals surface area contributed by atoms with Crippen molar-refractivity contribution in [2.75, 3.05) is 12.3 Å². The number of hydrogen-bond acceptors (Lipinski definition) is 9.